The smallest absolute Gasteiger partial charge is 0.224 e. The molecule has 0 spiro atoms. The summed E-state index contributed by atoms with van der Waals surface area (Å²) in [6.07, 6.45) is 0.406. The van der Waals surface area contributed by atoms with Crippen LogP contribution >= 0.6 is 0 Å². The van der Waals surface area contributed by atoms with Gasteiger partial charge in [-0.3, -0.25) is 4.79 Å². The van der Waals surface area contributed by atoms with Crippen LogP contribution in [-0.4, -0.2) is 19.1 Å². The van der Waals surface area contributed by atoms with Gasteiger partial charge in [-0.1, -0.05) is 48.0 Å². The number of hydrogen-bond acceptors (Lipinski definition) is 2. The van der Waals surface area contributed by atoms with Crippen molar-refractivity contribution in [1.82, 2.24) is 5.32 Å². The third-order valence-corrected chi connectivity index (χ3v) is 3.48. The maximum absolute atomic E-state index is 11.8. The van der Waals surface area contributed by atoms with E-state index >= 15 is 0 Å². The molecule has 0 saturated heterocycles. The zero-order chi connectivity index (χ0) is 15.9. The Kier molecular flexibility index (Phi) is 5.59. The summed E-state index contributed by atoms with van der Waals surface area (Å²) < 4.78 is 5.81. The number of aryl methyl sites for hydroxylation is 3. The van der Waals surface area contributed by atoms with Crippen molar-refractivity contribution >= 4 is 5.91 Å². The Morgan fingerprint density at radius 1 is 1.05 bits per heavy atom. The van der Waals surface area contributed by atoms with E-state index in [2.05, 4.69) is 24.4 Å². The van der Waals surface area contributed by atoms with Crippen molar-refractivity contribution in [3.63, 3.8) is 0 Å². The first-order chi connectivity index (χ1) is 10.6. The minimum Gasteiger partial charge on any atom is -0.491 e. The number of carbonyl (C=O) groups is 1. The highest BCUT2D eigenvalue weighted by atomic mass is 16.5. The van der Waals surface area contributed by atoms with E-state index in [9.17, 15) is 4.79 Å². The molecule has 2 aromatic carbocycles. The van der Waals surface area contributed by atoms with Crippen molar-refractivity contribution in [1.29, 1.82) is 0 Å². The second-order valence-electron chi connectivity index (χ2n) is 5.59. The van der Waals surface area contributed by atoms with E-state index in [1.165, 1.54) is 5.56 Å². The zero-order valence-electron chi connectivity index (χ0n) is 13.5. The normalized spacial score (nSPS) is 10.3. The fourth-order valence-electron chi connectivity index (χ4n) is 2.58. The van der Waals surface area contributed by atoms with Crippen LogP contribution in [0.15, 0.2) is 42.5 Å². The third kappa shape index (κ3) is 4.62. The van der Waals surface area contributed by atoms with Crippen LogP contribution in [0.5, 0.6) is 5.75 Å². The van der Waals surface area contributed by atoms with Crippen molar-refractivity contribution in [3.8, 4) is 5.75 Å². The van der Waals surface area contributed by atoms with Gasteiger partial charge in [0.1, 0.15) is 12.4 Å². The predicted octanol–water partition coefficient (Wildman–Crippen LogP) is 3.35. The molecule has 0 aliphatic heterocycles. The van der Waals surface area contributed by atoms with E-state index in [0.29, 0.717) is 19.6 Å². The van der Waals surface area contributed by atoms with E-state index in [1.54, 1.807) is 0 Å². The van der Waals surface area contributed by atoms with Crippen molar-refractivity contribution in [2.75, 3.05) is 13.2 Å². The Balaban J connectivity index is 1.77. The van der Waals surface area contributed by atoms with E-state index in [-0.39, 0.29) is 5.91 Å². The fraction of sp³-hybridized carbons (Fsp3) is 0.316. The molecule has 3 nitrogen and oxygen atoms in total. The molecule has 0 aliphatic rings. The van der Waals surface area contributed by atoms with Gasteiger partial charge in [-0.15, -0.1) is 0 Å². The standard InChI is InChI=1S/C19H23NO2/c1-14-11-15(2)19(16(3)12-14)22-10-9-20-18(21)13-17-7-5-4-6-8-17/h4-8,11-12H,9-10,13H2,1-3H3,(H,20,21). The summed E-state index contributed by atoms with van der Waals surface area (Å²) in [5.41, 5.74) is 4.52. The molecule has 0 fully saturated rings. The molecule has 0 atom stereocenters. The average Bonchev–Trinajstić information content (AvgIpc) is 2.46. The Labute approximate surface area is 132 Å². The molecule has 0 saturated carbocycles. The number of rotatable bonds is 6. The van der Waals surface area contributed by atoms with Crippen LogP contribution in [0.1, 0.15) is 22.3 Å². The highest BCUT2D eigenvalue weighted by molar-refractivity contribution is 5.78. The maximum Gasteiger partial charge on any atom is 0.224 e. The van der Waals surface area contributed by atoms with Crippen LogP contribution in [0.3, 0.4) is 0 Å². The largest absolute Gasteiger partial charge is 0.491 e. The molecule has 116 valence electrons. The molecule has 1 amide bonds. The molecule has 0 unspecified atom stereocenters. The van der Waals surface area contributed by atoms with E-state index in [4.69, 9.17) is 4.74 Å². The number of ether oxygens (including phenoxy) is 1. The van der Waals surface area contributed by atoms with Crippen LogP contribution < -0.4 is 10.1 Å². The lowest BCUT2D eigenvalue weighted by Gasteiger charge is -2.13. The number of amides is 1. The number of carbonyl (C=O) groups excluding carboxylic acids is 1. The van der Waals surface area contributed by atoms with Gasteiger partial charge in [-0.2, -0.15) is 0 Å². The summed E-state index contributed by atoms with van der Waals surface area (Å²) in [7, 11) is 0. The molecule has 0 aromatic heterocycles. The van der Waals surface area contributed by atoms with E-state index < -0.39 is 0 Å². The fourth-order valence-corrected chi connectivity index (χ4v) is 2.58. The van der Waals surface area contributed by atoms with Gasteiger partial charge in [0.25, 0.3) is 0 Å². The summed E-state index contributed by atoms with van der Waals surface area (Å²) >= 11 is 0. The average molecular weight is 297 g/mol. The van der Waals surface area contributed by atoms with E-state index in [1.807, 2.05) is 44.2 Å². The molecule has 1 N–H and O–H groups in total. The Hall–Kier alpha value is -2.29. The molecule has 0 aliphatic carbocycles. The Bertz CT molecular complexity index is 612. The number of hydrogen-bond donors (Lipinski definition) is 1. The number of benzene rings is 2. The van der Waals surface area contributed by atoms with Gasteiger partial charge in [-0.05, 0) is 37.5 Å². The molecule has 0 heterocycles. The van der Waals surface area contributed by atoms with Crippen LogP contribution in [0, 0.1) is 20.8 Å². The summed E-state index contributed by atoms with van der Waals surface area (Å²) in [5, 5.41) is 2.89. The predicted molar refractivity (Wildman–Crippen MR) is 89.3 cm³/mol. The molecule has 0 bridgehead atoms. The second kappa shape index (κ2) is 7.64. The second-order valence-corrected chi connectivity index (χ2v) is 5.59. The first-order valence-corrected chi connectivity index (χ1v) is 7.57. The quantitative estimate of drug-likeness (QED) is 0.830. The summed E-state index contributed by atoms with van der Waals surface area (Å²) in [6.45, 7) is 7.16. The third-order valence-electron chi connectivity index (χ3n) is 3.48. The molecule has 0 radical (unpaired) electrons. The first-order valence-electron chi connectivity index (χ1n) is 7.57. The van der Waals surface area contributed by atoms with Crippen LogP contribution in [0.2, 0.25) is 0 Å². The molecular weight excluding hydrogens is 274 g/mol. The minimum absolute atomic E-state index is 0.0205. The summed E-state index contributed by atoms with van der Waals surface area (Å²) in [5.74, 6) is 0.940. The molecule has 2 rings (SSSR count). The molecule has 22 heavy (non-hydrogen) atoms. The summed E-state index contributed by atoms with van der Waals surface area (Å²) in [4.78, 5) is 11.8. The highest BCUT2D eigenvalue weighted by Gasteiger charge is 2.06. The monoisotopic (exact) mass is 297 g/mol. The molecule has 2 aromatic rings. The van der Waals surface area contributed by atoms with Gasteiger partial charge >= 0.3 is 0 Å². The van der Waals surface area contributed by atoms with Gasteiger partial charge in [0, 0.05) is 0 Å². The minimum atomic E-state index is 0.0205. The van der Waals surface area contributed by atoms with Crippen molar-refractivity contribution < 1.29 is 9.53 Å². The van der Waals surface area contributed by atoms with Gasteiger partial charge < -0.3 is 10.1 Å². The van der Waals surface area contributed by atoms with E-state index in [0.717, 1.165) is 22.4 Å². The van der Waals surface area contributed by atoms with Crippen molar-refractivity contribution in [2.45, 2.75) is 27.2 Å². The van der Waals surface area contributed by atoms with Gasteiger partial charge in [-0.25, -0.2) is 0 Å². The lowest BCUT2D eigenvalue weighted by Crippen LogP contribution is -2.29. The van der Waals surface area contributed by atoms with Gasteiger partial charge in [0.2, 0.25) is 5.91 Å². The number of nitrogens with one attached hydrogen (secondary N) is 1. The molecular formula is C19H23NO2. The van der Waals surface area contributed by atoms with Gasteiger partial charge in [0.15, 0.2) is 0 Å². The lowest BCUT2D eigenvalue weighted by atomic mass is 10.1. The maximum atomic E-state index is 11.8. The SMILES string of the molecule is Cc1cc(C)c(OCCNC(=O)Cc2ccccc2)c(C)c1. The highest BCUT2D eigenvalue weighted by Crippen LogP contribution is 2.24. The Morgan fingerprint density at radius 3 is 2.32 bits per heavy atom. The first kappa shape index (κ1) is 16.1. The van der Waals surface area contributed by atoms with Crippen molar-refractivity contribution in [3.05, 3.63) is 64.7 Å². The zero-order valence-corrected chi connectivity index (χ0v) is 13.5. The topological polar surface area (TPSA) is 38.3 Å². The molecule has 3 heteroatoms. The summed E-state index contributed by atoms with van der Waals surface area (Å²) in [6, 6.07) is 13.9. The van der Waals surface area contributed by atoms with Crippen molar-refractivity contribution in [2.24, 2.45) is 0 Å². The van der Waals surface area contributed by atoms with Crippen LogP contribution in [0.4, 0.5) is 0 Å². The van der Waals surface area contributed by atoms with Crippen LogP contribution in [0.25, 0.3) is 0 Å². The van der Waals surface area contributed by atoms with Gasteiger partial charge in [0.05, 0.1) is 13.0 Å². The Morgan fingerprint density at radius 2 is 1.68 bits per heavy atom. The lowest BCUT2D eigenvalue weighted by molar-refractivity contribution is -0.120. The van der Waals surface area contributed by atoms with Crippen LogP contribution in [-0.2, 0) is 11.2 Å².